The number of benzene rings is 2. The van der Waals surface area contributed by atoms with Crippen LogP contribution in [0.15, 0.2) is 76.5 Å². The SMILES string of the molecule is COc1ccc(OCCSc2nnc(-c3ccc(OC)cc3)n2Cc2ccco2)cc1. The summed E-state index contributed by atoms with van der Waals surface area (Å²) in [4.78, 5) is 0. The van der Waals surface area contributed by atoms with Crippen LogP contribution in [0.2, 0.25) is 0 Å². The number of thioether (sulfide) groups is 1. The van der Waals surface area contributed by atoms with Crippen molar-refractivity contribution >= 4 is 11.8 Å². The number of hydrogen-bond acceptors (Lipinski definition) is 7. The number of methoxy groups -OCH3 is 2. The lowest BCUT2D eigenvalue weighted by Crippen LogP contribution is -2.05. The normalized spacial score (nSPS) is 10.8. The molecule has 31 heavy (non-hydrogen) atoms. The summed E-state index contributed by atoms with van der Waals surface area (Å²) in [5, 5.41) is 9.65. The Morgan fingerprint density at radius 1 is 0.871 bits per heavy atom. The van der Waals surface area contributed by atoms with Crippen molar-refractivity contribution in [3.05, 3.63) is 72.7 Å². The lowest BCUT2D eigenvalue weighted by Gasteiger charge is -2.10. The Kier molecular flexibility index (Phi) is 6.78. The van der Waals surface area contributed by atoms with Gasteiger partial charge in [0.25, 0.3) is 0 Å². The molecule has 0 bridgehead atoms. The van der Waals surface area contributed by atoms with Gasteiger partial charge in [0.05, 0.1) is 33.6 Å². The molecular weight excluding hydrogens is 414 g/mol. The highest BCUT2D eigenvalue weighted by Crippen LogP contribution is 2.27. The molecule has 0 aliphatic heterocycles. The van der Waals surface area contributed by atoms with E-state index in [9.17, 15) is 0 Å². The predicted octanol–water partition coefficient (Wildman–Crippen LogP) is 4.77. The summed E-state index contributed by atoms with van der Waals surface area (Å²) in [7, 11) is 3.29. The summed E-state index contributed by atoms with van der Waals surface area (Å²) in [5.74, 6) is 4.75. The van der Waals surface area contributed by atoms with Crippen molar-refractivity contribution in [2.45, 2.75) is 11.7 Å². The third-order valence-corrected chi connectivity index (χ3v) is 5.53. The largest absolute Gasteiger partial charge is 0.497 e. The van der Waals surface area contributed by atoms with Crippen LogP contribution < -0.4 is 14.2 Å². The maximum atomic E-state index is 5.82. The molecular formula is C23H23N3O4S. The van der Waals surface area contributed by atoms with Crippen LogP contribution in [-0.2, 0) is 6.54 Å². The van der Waals surface area contributed by atoms with Crippen molar-refractivity contribution < 1.29 is 18.6 Å². The average Bonchev–Trinajstić information content (AvgIpc) is 3.48. The van der Waals surface area contributed by atoms with Crippen LogP contribution in [0.4, 0.5) is 0 Å². The first-order chi connectivity index (χ1) is 15.3. The minimum absolute atomic E-state index is 0.544. The second kappa shape index (κ2) is 10.1. The van der Waals surface area contributed by atoms with E-state index < -0.39 is 0 Å². The van der Waals surface area contributed by atoms with Crippen molar-refractivity contribution in [1.82, 2.24) is 14.8 Å². The maximum absolute atomic E-state index is 5.82. The fourth-order valence-electron chi connectivity index (χ4n) is 3.01. The fourth-order valence-corrected chi connectivity index (χ4v) is 3.77. The Hall–Kier alpha value is -3.39. The van der Waals surface area contributed by atoms with Gasteiger partial charge < -0.3 is 18.6 Å². The van der Waals surface area contributed by atoms with E-state index in [1.54, 1.807) is 32.2 Å². The van der Waals surface area contributed by atoms with Crippen molar-refractivity contribution in [1.29, 1.82) is 0 Å². The summed E-state index contributed by atoms with van der Waals surface area (Å²) in [5.41, 5.74) is 0.959. The zero-order chi connectivity index (χ0) is 21.5. The van der Waals surface area contributed by atoms with Gasteiger partial charge in [0.2, 0.25) is 0 Å². The minimum atomic E-state index is 0.544. The highest BCUT2D eigenvalue weighted by atomic mass is 32.2. The molecule has 0 atom stereocenters. The fraction of sp³-hybridized carbons (Fsp3) is 0.217. The number of aromatic nitrogens is 3. The Balaban J connectivity index is 1.46. The second-order valence-corrected chi connectivity index (χ2v) is 7.63. The Labute approximate surface area is 185 Å². The van der Waals surface area contributed by atoms with E-state index in [0.29, 0.717) is 13.2 Å². The van der Waals surface area contributed by atoms with E-state index in [4.69, 9.17) is 18.6 Å². The molecule has 0 aliphatic rings. The lowest BCUT2D eigenvalue weighted by atomic mass is 10.2. The predicted molar refractivity (Wildman–Crippen MR) is 119 cm³/mol. The maximum Gasteiger partial charge on any atom is 0.192 e. The van der Waals surface area contributed by atoms with E-state index in [1.165, 1.54) is 0 Å². The standard InChI is InChI=1S/C23H23N3O4S/c1-27-18-7-5-17(6-8-18)22-24-25-23(26(22)16-21-4-3-13-29-21)31-15-14-30-20-11-9-19(28-2)10-12-20/h3-13H,14-16H2,1-2H3. The zero-order valence-electron chi connectivity index (χ0n) is 17.4. The second-order valence-electron chi connectivity index (χ2n) is 6.57. The summed E-state index contributed by atoms with van der Waals surface area (Å²) in [6, 6.07) is 19.1. The first-order valence-electron chi connectivity index (χ1n) is 9.76. The van der Waals surface area contributed by atoms with E-state index in [0.717, 1.165) is 45.3 Å². The highest BCUT2D eigenvalue weighted by Gasteiger charge is 2.16. The Morgan fingerprint density at radius 3 is 2.19 bits per heavy atom. The molecule has 0 fully saturated rings. The first-order valence-corrected chi connectivity index (χ1v) is 10.7. The lowest BCUT2D eigenvalue weighted by molar-refractivity contribution is 0.342. The molecule has 0 spiro atoms. The topological polar surface area (TPSA) is 71.5 Å². The highest BCUT2D eigenvalue weighted by molar-refractivity contribution is 7.99. The number of nitrogens with zero attached hydrogens (tertiary/aromatic N) is 3. The van der Waals surface area contributed by atoms with Crippen LogP contribution in [-0.4, -0.2) is 41.3 Å². The monoisotopic (exact) mass is 437 g/mol. The van der Waals surface area contributed by atoms with E-state index >= 15 is 0 Å². The van der Waals surface area contributed by atoms with Gasteiger partial charge in [0.1, 0.15) is 23.0 Å². The van der Waals surface area contributed by atoms with Gasteiger partial charge in [-0.15, -0.1) is 10.2 Å². The molecule has 0 N–H and O–H groups in total. The quantitative estimate of drug-likeness (QED) is 0.261. The zero-order valence-corrected chi connectivity index (χ0v) is 18.2. The van der Waals surface area contributed by atoms with Gasteiger partial charge in [-0.25, -0.2) is 0 Å². The Bertz CT molecular complexity index is 1080. The van der Waals surface area contributed by atoms with Gasteiger partial charge in [-0.05, 0) is 60.7 Å². The molecule has 0 saturated heterocycles. The molecule has 0 amide bonds. The molecule has 4 aromatic rings. The van der Waals surface area contributed by atoms with Crippen LogP contribution >= 0.6 is 11.8 Å². The van der Waals surface area contributed by atoms with E-state index in [-0.39, 0.29) is 0 Å². The molecule has 0 unspecified atom stereocenters. The van der Waals surface area contributed by atoms with Gasteiger partial charge in [-0.1, -0.05) is 11.8 Å². The summed E-state index contributed by atoms with van der Waals surface area (Å²) in [6.07, 6.45) is 1.67. The van der Waals surface area contributed by atoms with Gasteiger partial charge in [-0.3, -0.25) is 4.57 Å². The minimum Gasteiger partial charge on any atom is -0.497 e. The molecule has 0 saturated carbocycles. The van der Waals surface area contributed by atoms with Crippen LogP contribution in [0.5, 0.6) is 17.2 Å². The molecule has 0 radical (unpaired) electrons. The molecule has 2 heterocycles. The molecule has 7 nitrogen and oxygen atoms in total. The molecule has 160 valence electrons. The summed E-state index contributed by atoms with van der Waals surface area (Å²) in [6.45, 7) is 1.09. The molecule has 2 aromatic carbocycles. The number of ether oxygens (including phenoxy) is 3. The smallest absolute Gasteiger partial charge is 0.192 e. The van der Waals surface area contributed by atoms with Gasteiger partial charge >= 0.3 is 0 Å². The third kappa shape index (κ3) is 5.21. The van der Waals surface area contributed by atoms with Crippen molar-refractivity contribution in [2.75, 3.05) is 26.6 Å². The van der Waals surface area contributed by atoms with Crippen molar-refractivity contribution in [2.24, 2.45) is 0 Å². The summed E-state index contributed by atoms with van der Waals surface area (Å²) >= 11 is 1.59. The van der Waals surface area contributed by atoms with Gasteiger partial charge in [0, 0.05) is 11.3 Å². The molecule has 2 aromatic heterocycles. The summed E-state index contributed by atoms with van der Waals surface area (Å²) < 4.78 is 23.9. The van der Waals surface area contributed by atoms with Crippen molar-refractivity contribution in [3.8, 4) is 28.6 Å². The van der Waals surface area contributed by atoms with Crippen LogP contribution in [0.25, 0.3) is 11.4 Å². The van der Waals surface area contributed by atoms with Crippen LogP contribution in [0.1, 0.15) is 5.76 Å². The molecule has 0 aliphatic carbocycles. The number of furan rings is 1. The van der Waals surface area contributed by atoms with Crippen molar-refractivity contribution in [3.63, 3.8) is 0 Å². The molecule has 8 heteroatoms. The van der Waals surface area contributed by atoms with Crippen LogP contribution in [0, 0.1) is 0 Å². The first kappa shape index (κ1) is 20.9. The number of hydrogen-bond donors (Lipinski definition) is 0. The Morgan fingerprint density at radius 2 is 1.55 bits per heavy atom. The third-order valence-electron chi connectivity index (χ3n) is 4.60. The van der Waals surface area contributed by atoms with Gasteiger partial charge in [-0.2, -0.15) is 0 Å². The molecule has 4 rings (SSSR count). The van der Waals surface area contributed by atoms with E-state index in [2.05, 4.69) is 14.8 Å². The van der Waals surface area contributed by atoms with Gasteiger partial charge in [0.15, 0.2) is 11.0 Å². The van der Waals surface area contributed by atoms with E-state index in [1.807, 2.05) is 60.7 Å². The number of rotatable bonds is 10. The van der Waals surface area contributed by atoms with Crippen LogP contribution in [0.3, 0.4) is 0 Å². The average molecular weight is 438 g/mol.